The van der Waals surface area contributed by atoms with E-state index in [1.807, 2.05) is 19.1 Å². The molecule has 2 N–H and O–H groups in total. The van der Waals surface area contributed by atoms with Crippen LogP contribution in [0.3, 0.4) is 0 Å². The summed E-state index contributed by atoms with van der Waals surface area (Å²) in [6, 6.07) is 10.2. The molecule has 0 unspecified atom stereocenters. The van der Waals surface area contributed by atoms with Crippen LogP contribution in [0.5, 0.6) is 0 Å². The highest BCUT2D eigenvalue weighted by atomic mass is 79.9. The number of hydrogen-bond acceptors (Lipinski definition) is 4. The first-order valence-electron chi connectivity index (χ1n) is 6.24. The summed E-state index contributed by atoms with van der Waals surface area (Å²) in [5.74, 6) is 0. The summed E-state index contributed by atoms with van der Waals surface area (Å²) in [6.45, 7) is 2.06. The topological polar surface area (TPSA) is 76.3 Å². The maximum atomic E-state index is 12.6. The van der Waals surface area contributed by atoms with E-state index in [1.54, 1.807) is 18.2 Å². The van der Waals surface area contributed by atoms with Crippen LogP contribution in [-0.2, 0) is 16.6 Å². The zero-order valence-electron chi connectivity index (χ0n) is 11.7. The molecule has 112 valence electrons. The highest BCUT2D eigenvalue weighted by molar-refractivity contribution is 9.10. The number of halogens is 1. The van der Waals surface area contributed by atoms with Crippen molar-refractivity contribution in [2.75, 3.05) is 12.8 Å². The maximum absolute atomic E-state index is 12.6. The molecule has 0 spiro atoms. The van der Waals surface area contributed by atoms with Crippen LogP contribution in [-0.4, -0.2) is 24.8 Å². The Kier molecular flexibility index (Phi) is 4.65. The van der Waals surface area contributed by atoms with Gasteiger partial charge in [0.25, 0.3) is 0 Å². The summed E-state index contributed by atoms with van der Waals surface area (Å²) in [5.41, 5.74) is 7.57. The monoisotopic (exact) mass is 369 g/mol. The Bertz CT molecular complexity index is 763. The molecule has 1 aromatic carbocycles. The van der Waals surface area contributed by atoms with Crippen LogP contribution in [0.2, 0.25) is 0 Å². The van der Waals surface area contributed by atoms with E-state index >= 15 is 0 Å². The van der Waals surface area contributed by atoms with Crippen molar-refractivity contribution in [3.63, 3.8) is 0 Å². The minimum absolute atomic E-state index is 0.0980. The second-order valence-corrected chi connectivity index (χ2v) is 7.64. The number of benzene rings is 1. The molecule has 21 heavy (non-hydrogen) atoms. The summed E-state index contributed by atoms with van der Waals surface area (Å²) < 4.78 is 27.1. The lowest BCUT2D eigenvalue weighted by Gasteiger charge is -2.18. The third-order valence-corrected chi connectivity index (χ3v) is 5.36. The van der Waals surface area contributed by atoms with Crippen molar-refractivity contribution >= 4 is 31.6 Å². The van der Waals surface area contributed by atoms with Crippen LogP contribution < -0.4 is 5.73 Å². The largest absolute Gasteiger partial charge is 0.398 e. The molecule has 0 saturated heterocycles. The fraction of sp³-hybridized carbons (Fsp3) is 0.214. The van der Waals surface area contributed by atoms with E-state index in [2.05, 4.69) is 20.9 Å². The summed E-state index contributed by atoms with van der Waals surface area (Å²) in [6.07, 6.45) is 0. The van der Waals surface area contributed by atoms with Crippen LogP contribution in [0.25, 0.3) is 0 Å². The van der Waals surface area contributed by atoms with Crippen LogP contribution in [0.1, 0.15) is 11.4 Å². The highest BCUT2D eigenvalue weighted by Crippen LogP contribution is 2.25. The molecule has 5 nitrogen and oxygen atoms in total. The van der Waals surface area contributed by atoms with Crippen molar-refractivity contribution in [2.24, 2.45) is 0 Å². The van der Waals surface area contributed by atoms with Crippen LogP contribution in [0, 0.1) is 6.92 Å². The minimum atomic E-state index is -3.65. The molecule has 7 heteroatoms. The fourth-order valence-corrected chi connectivity index (χ4v) is 3.54. The highest BCUT2D eigenvalue weighted by Gasteiger charge is 2.23. The summed E-state index contributed by atoms with van der Waals surface area (Å²) in [5, 5.41) is 0. The average Bonchev–Trinajstić information content (AvgIpc) is 2.38. The quantitative estimate of drug-likeness (QED) is 0.840. The van der Waals surface area contributed by atoms with E-state index in [0.29, 0.717) is 5.69 Å². The van der Waals surface area contributed by atoms with Crippen molar-refractivity contribution < 1.29 is 8.42 Å². The van der Waals surface area contributed by atoms with Gasteiger partial charge in [-0.3, -0.25) is 4.98 Å². The first-order chi connectivity index (χ1) is 9.80. The van der Waals surface area contributed by atoms with Gasteiger partial charge in [0.15, 0.2) is 0 Å². The van der Waals surface area contributed by atoms with Crippen molar-refractivity contribution in [3.8, 4) is 0 Å². The predicted octanol–water partition coefficient (Wildman–Crippen LogP) is 2.56. The van der Waals surface area contributed by atoms with Gasteiger partial charge >= 0.3 is 0 Å². The number of anilines is 1. The Morgan fingerprint density at radius 3 is 2.62 bits per heavy atom. The van der Waals surface area contributed by atoms with Gasteiger partial charge in [-0.1, -0.05) is 22.0 Å². The van der Waals surface area contributed by atoms with Gasteiger partial charge in [0.1, 0.15) is 4.90 Å². The number of sulfonamides is 1. The van der Waals surface area contributed by atoms with Crippen molar-refractivity contribution in [1.29, 1.82) is 0 Å². The molecular weight excluding hydrogens is 354 g/mol. The molecule has 2 aromatic rings. The van der Waals surface area contributed by atoms with E-state index in [-0.39, 0.29) is 17.1 Å². The maximum Gasteiger partial charge on any atom is 0.245 e. The van der Waals surface area contributed by atoms with Crippen molar-refractivity contribution in [3.05, 3.63) is 52.3 Å². The summed E-state index contributed by atoms with van der Waals surface area (Å²) >= 11 is 3.26. The lowest BCUT2D eigenvalue weighted by atomic mass is 10.3. The van der Waals surface area contributed by atoms with E-state index in [1.165, 1.54) is 17.4 Å². The standard InChI is InChI=1S/C14H16BrN3O2S/c1-10-4-3-5-12(17-10)9-18(2)21(19,20)14-7-6-11(15)8-13(14)16/h3-8H,9,16H2,1-2H3. The van der Waals surface area contributed by atoms with Crippen molar-refractivity contribution in [2.45, 2.75) is 18.4 Å². The molecule has 0 radical (unpaired) electrons. The summed E-state index contributed by atoms with van der Waals surface area (Å²) in [4.78, 5) is 4.41. The number of aromatic nitrogens is 1. The Hall–Kier alpha value is -1.44. The van der Waals surface area contributed by atoms with Crippen LogP contribution >= 0.6 is 15.9 Å². The molecule has 0 aliphatic carbocycles. The number of aryl methyl sites for hydroxylation is 1. The van der Waals surface area contributed by atoms with Crippen molar-refractivity contribution in [1.82, 2.24) is 9.29 Å². The molecule has 0 aliphatic rings. The second kappa shape index (κ2) is 6.13. The number of nitrogen functional groups attached to an aromatic ring is 1. The van der Waals surface area contributed by atoms with E-state index in [9.17, 15) is 8.42 Å². The zero-order chi connectivity index (χ0) is 15.6. The third kappa shape index (κ3) is 3.61. The molecule has 0 atom stereocenters. The molecule has 1 heterocycles. The Morgan fingerprint density at radius 1 is 1.29 bits per heavy atom. The van der Waals surface area contributed by atoms with Gasteiger partial charge in [-0.05, 0) is 37.3 Å². The number of pyridine rings is 1. The zero-order valence-corrected chi connectivity index (χ0v) is 14.1. The number of nitrogens with two attached hydrogens (primary N) is 1. The Balaban J connectivity index is 2.30. The van der Waals surface area contributed by atoms with Gasteiger partial charge < -0.3 is 5.73 Å². The van der Waals surface area contributed by atoms with Gasteiger partial charge in [0.05, 0.1) is 17.9 Å². The predicted molar refractivity (Wildman–Crippen MR) is 86.2 cm³/mol. The van der Waals surface area contributed by atoms with Crippen LogP contribution in [0.4, 0.5) is 5.69 Å². The molecular formula is C14H16BrN3O2S. The lowest BCUT2D eigenvalue weighted by Crippen LogP contribution is -2.27. The number of rotatable bonds is 4. The van der Waals surface area contributed by atoms with Gasteiger partial charge in [0.2, 0.25) is 10.0 Å². The Morgan fingerprint density at radius 2 is 2.00 bits per heavy atom. The molecule has 2 rings (SSSR count). The molecule has 0 saturated carbocycles. The molecule has 1 aromatic heterocycles. The fourth-order valence-electron chi connectivity index (χ4n) is 1.92. The van der Waals surface area contributed by atoms with Crippen LogP contribution in [0.15, 0.2) is 45.8 Å². The normalized spacial score (nSPS) is 11.8. The third-order valence-electron chi connectivity index (χ3n) is 2.99. The molecule has 0 fully saturated rings. The molecule has 0 amide bonds. The first kappa shape index (κ1) is 15.9. The summed E-state index contributed by atoms with van der Waals surface area (Å²) in [7, 11) is -2.14. The smallest absolute Gasteiger partial charge is 0.245 e. The van der Waals surface area contributed by atoms with Gasteiger partial charge in [-0.2, -0.15) is 4.31 Å². The molecule has 0 bridgehead atoms. The average molecular weight is 370 g/mol. The number of nitrogens with zero attached hydrogens (tertiary/aromatic N) is 2. The van der Waals surface area contributed by atoms with Gasteiger partial charge in [-0.25, -0.2) is 8.42 Å². The van der Waals surface area contributed by atoms with Gasteiger partial charge in [0, 0.05) is 17.2 Å². The Labute approximate surface area is 133 Å². The van der Waals surface area contributed by atoms with Gasteiger partial charge in [-0.15, -0.1) is 0 Å². The second-order valence-electron chi connectivity index (χ2n) is 4.71. The SMILES string of the molecule is Cc1cccc(CN(C)S(=O)(=O)c2ccc(Br)cc2N)n1. The van der Waals surface area contributed by atoms with E-state index in [0.717, 1.165) is 10.2 Å². The lowest BCUT2D eigenvalue weighted by molar-refractivity contribution is 0.462. The minimum Gasteiger partial charge on any atom is -0.398 e. The number of hydrogen-bond donors (Lipinski definition) is 1. The van der Waals surface area contributed by atoms with E-state index in [4.69, 9.17) is 5.73 Å². The molecule has 0 aliphatic heterocycles. The van der Waals surface area contributed by atoms with E-state index < -0.39 is 10.0 Å². The first-order valence-corrected chi connectivity index (χ1v) is 8.48.